The predicted octanol–water partition coefficient (Wildman–Crippen LogP) is 3.46. The molecular weight excluding hydrogens is 376 g/mol. The summed E-state index contributed by atoms with van der Waals surface area (Å²) in [7, 11) is 0. The summed E-state index contributed by atoms with van der Waals surface area (Å²) >= 11 is 1.27. The highest BCUT2D eigenvalue weighted by Gasteiger charge is 2.35. The molecule has 2 heterocycles. The summed E-state index contributed by atoms with van der Waals surface area (Å²) in [6.45, 7) is 1.46. The van der Waals surface area contributed by atoms with Crippen LogP contribution in [-0.4, -0.2) is 33.9 Å². The maximum absolute atomic E-state index is 12.3. The topological polar surface area (TPSA) is 82.9 Å². The van der Waals surface area contributed by atoms with Crippen molar-refractivity contribution in [1.29, 1.82) is 0 Å². The zero-order valence-corrected chi connectivity index (χ0v) is 15.6. The van der Waals surface area contributed by atoms with E-state index in [1.807, 2.05) is 30.3 Å². The molecule has 8 heteroatoms. The lowest BCUT2D eigenvalue weighted by molar-refractivity contribution is -0.115. The van der Waals surface area contributed by atoms with Crippen LogP contribution in [0.5, 0.6) is 0 Å². The van der Waals surface area contributed by atoms with Crippen molar-refractivity contribution in [3.8, 4) is 0 Å². The van der Waals surface area contributed by atoms with Crippen LogP contribution in [-0.2, 0) is 4.79 Å². The first kappa shape index (κ1) is 17.7. The van der Waals surface area contributed by atoms with Gasteiger partial charge in [0.2, 0.25) is 5.91 Å². The third-order valence-electron chi connectivity index (χ3n) is 4.11. The standard InChI is InChI=1S/C20H14N4O3S/c1-13(25)23(15-7-3-2-4-8-15)20-22-14(12-28-20)11-21-24-18(26)16-9-5-6-10-17(16)19(24)27/h2-12H,1H3/b21-11-. The smallest absolute Gasteiger partial charge is 0.274 e. The highest BCUT2D eigenvalue weighted by Crippen LogP contribution is 2.28. The Labute approximate surface area is 164 Å². The van der Waals surface area contributed by atoms with E-state index in [0.717, 1.165) is 5.01 Å². The fourth-order valence-electron chi connectivity index (χ4n) is 2.84. The van der Waals surface area contributed by atoms with Gasteiger partial charge >= 0.3 is 0 Å². The quantitative estimate of drug-likeness (QED) is 0.505. The fourth-order valence-corrected chi connectivity index (χ4v) is 3.68. The number of amides is 3. The number of thiazole rings is 1. The van der Waals surface area contributed by atoms with Gasteiger partial charge in [-0.15, -0.1) is 11.3 Å². The first-order valence-corrected chi connectivity index (χ1v) is 9.27. The van der Waals surface area contributed by atoms with E-state index in [9.17, 15) is 14.4 Å². The predicted molar refractivity (Wildman–Crippen MR) is 106 cm³/mol. The minimum atomic E-state index is -0.470. The van der Waals surface area contributed by atoms with Crippen molar-refractivity contribution < 1.29 is 14.4 Å². The van der Waals surface area contributed by atoms with Crippen molar-refractivity contribution in [2.75, 3.05) is 4.90 Å². The number of rotatable bonds is 4. The number of hydrazone groups is 1. The molecule has 28 heavy (non-hydrogen) atoms. The minimum absolute atomic E-state index is 0.176. The summed E-state index contributed by atoms with van der Waals surface area (Å²) in [6, 6.07) is 15.8. The molecule has 0 N–H and O–H groups in total. The maximum atomic E-state index is 12.3. The second kappa shape index (κ2) is 7.16. The Bertz CT molecular complexity index is 1070. The molecule has 1 aliphatic heterocycles. The van der Waals surface area contributed by atoms with Crippen molar-refractivity contribution in [2.24, 2.45) is 5.10 Å². The number of anilines is 2. The molecule has 0 radical (unpaired) electrons. The van der Waals surface area contributed by atoms with Gasteiger partial charge in [-0.1, -0.05) is 30.3 Å². The molecule has 3 amide bonds. The number of carbonyl (C=O) groups excluding carboxylic acids is 3. The molecule has 0 saturated carbocycles. The average Bonchev–Trinajstić information content (AvgIpc) is 3.25. The number of hydrogen-bond acceptors (Lipinski definition) is 6. The van der Waals surface area contributed by atoms with Gasteiger partial charge in [-0.3, -0.25) is 19.3 Å². The second-order valence-corrected chi connectivity index (χ2v) is 6.79. The lowest BCUT2D eigenvalue weighted by atomic mass is 10.1. The summed E-state index contributed by atoms with van der Waals surface area (Å²) < 4.78 is 0. The van der Waals surface area contributed by atoms with Crippen molar-refractivity contribution in [3.05, 3.63) is 76.8 Å². The molecule has 0 unspecified atom stereocenters. The molecule has 138 valence electrons. The number of carbonyl (C=O) groups is 3. The monoisotopic (exact) mass is 390 g/mol. The molecule has 7 nitrogen and oxygen atoms in total. The van der Waals surface area contributed by atoms with Crippen LogP contribution in [0, 0.1) is 0 Å². The Hall–Kier alpha value is -3.65. The van der Waals surface area contributed by atoms with Crippen molar-refractivity contribution in [1.82, 2.24) is 9.99 Å². The SMILES string of the molecule is CC(=O)N(c1ccccc1)c1nc(/C=N\N2C(=O)c3ccccc3C2=O)cs1. The molecule has 2 aromatic carbocycles. The number of nitrogens with zero attached hydrogens (tertiary/aromatic N) is 4. The van der Waals surface area contributed by atoms with Crippen LogP contribution in [0.4, 0.5) is 10.8 Å². The number of fused-ring (bicyclic) bond motifs is 1. The van der Waals surface area contributed by atoms with Crippen LogP contribution in [0.2, 0.25) is 0 Å². The van der Waals surface area contributed by atoms with E-state index in [1.165, 1.54) is 29.4 Å². The van der Waals surface area contributed by atoms with Crippen LogP contribution in [0.1, 0.15) is 33.3 Å². The third-order valence-corrected chi connectivity index (χ3v) is 4.95. The molecule has 1 aromatic heterocycles. The molecule has 0 aliphatic carbocycles. The van der Waals surface area contributed by atoms with Crippen molar-refractivity contribution >= 4 is 46.1 Å². The third kappa shape index (κ3) is 3.10. The van der Waals surface area contributed by atoms with E-state index in [0.29, 0.717) is 27.6 Å². The summed E-state index contributed by atoms with van der Waals surface area (Å²) in [5.41, 5.74) is 1.80. The van der Waals surface area contributed by atoms with E-state index in [1.54, 1.807) is 29.6 Å². The highest BCUT2D eigenvalue weighted by atomic mass is 32.1. The lowest BCUT2D eigenvalue weighted by Gasteiger charge is -2.17. The number of para-hydroxylation sites is 1. The van der Waals surface area contributed by atoms with Crippen LogP contribution in [0.25, 0.3) is 0 Å². The number of imide groups is 1. The summed E-state index contributed by atoms with van der Waals surface area (Å²) in [4.78, 5) is 42.7. The van der Waals surface area contributed by atoms with Gasteiger partial charge < -0.3 is 0 Å². The lowest BCUT2D eigenvalue weighted by Crippen LogP contribution is -2.24. The zero-order valence-electron chi connectivity index (χ0n) is 14.8. The molecule has 1 aliphatic rings. The van der Waals surface area contributed by atoms with Gasteiger partial charge in [0.25, 0.3) is 11.8 Å². The minimum Gasteiger partial charge on any atom is -0.274 e. The van der Waals surface area contributed by atoms with Gasteiger partial charge in [-0.2, -0.15) is 10.1 Å². The first-order valence-electron chi connectivity index (χ1n) is 8.39. The Balaban J connectivity index is 1.58. The van der Waals surface area contributed by atoms with Gasteiger partial charge in [0.05, 0.1) is 28.7 Å². The van der Waals surface area contributed by atoms with E-state index < -0.39 is 11.8 Å². The fraction of sp³-hybridized carbons (Fsp3) is 0.0500. The Kier molecular flexibility index (Phi) is 4.54. The average molecular weight is 390 g/mol. The van der Waals surface area contributed by atoms with E-state index in [4.69, 9.17) is 0 Å². The Morgan fingerprint density at radius 1 is 1.04 bits per heavy atom. The number of benzene rings is 2. The van der Waals surface area contributed by atoms with Crippen LogP contribution in [0.3, 0.4) is 0 Å². The Morgan fingerprint density at radius 3 is 2.25 bits per heavy atom. The number of hydrogen-bond donors (Lipinski definition) is 0. The van der Waals surface area contributed by atoms with Crippen molar-refractivity contribution in [2.45, 2.75) is 6.92 Å². The molecular formula is C20H14N4O3S. The van der Waals surface area contributed by atoms with Gasteiger partial charge in [0.1, 0.15) is 0 Å². The molecule has 0 bridgehead atoms. The van der Waals surface area contributed by atoms with Crippen LogP contribution in [0.15, 0.2) is 65.1 Å². The van der Waals surface area contributed by atoms with Crippen LogP contribution >= 0.6 is 11.3 Å². The summed E-state index contributed by atoms with van der Waals surface area (Å²) in [6.07, 6.45) is 1.34. The molecule has 0 saturated heterocycles. The summed E-state index contributed by atoms with van der Waals surface area (Å²) in [5, 5.41) is 7.01. The number of aromatic nitrogens is 1. The first-order chi connectivity index (χ1) is 13.6. The normalized spacial score (nSPS) is 13.2. The molecule has 4 rings (SSSR count). The van der Waals surface area contributed by atoms with Gasteiger partial charge in [-0.05, 0) is 24.3 Å². The largest absolute Gasteiger partial charge is 0.282 e. The zero-order chi connectivity index (χ0) is 19.7. The van der Waals surface area contributed by atoms with E-state index >= 15 is 0 Å². The second-order valence-electron chi connectivity index (χ2n) is 5.96. The molecule has 0 spiro atoms. The van der Waals surface area contributed by atoms with Crippen molar-refractivity contribution in [3.63, 3.8) is 0 Å². The highest BCUT2D eigenvalue weighted by molar-refractivity contribution is 7.14. The van der Waals surface area contributed by atoms with Crippen LogP contribution < -0.4 is 4.90 Å². The molecule has 0 atom stereocenters. The van der Waals surface area contributed by atoms with Gasteiger partial charge in [-0.25, -0.2) is 4.98 Å². The van der Waals surface area contributed by atoms with Gasteiger partial charge in [0.15, 0.2) is 5.13 Å². The van der Waals surface area contributed by atoms with E-state index in [-0.39, 0.29) is 5.91 Å². The molecule has 3 aromatic rings. The maximum Gasteiger partial charge on any atom is 0.282 e. The molecule has 0 fully saturated rings. The van der Waals surface area contributed by atoms with Gasteiger partial charge in [0, 0.05) is 12.3 Å². The van der Waals surface area contributed by atoms with E-state index in [2.05, 4.69) is 10.1 Å². The summed E-state index contributed by atoms with van der Waals surface area (Å²) in [5.74, 6) is -1.12. The Morgan fingerprint density at radius 2 is 1.64 bits per heavy atom.